The lowest BCUT2D eigenvalue weighted by atomic mass is 10.3. The number of halogens is 2. The van der Waals surface area contributed by atoms with E-state index in [1.54, 1.807) is 0 Å². The molecule has 0 aromatic rings. The van der Waals surface area contributed by atoms with E-state index in [2.05, 4.69) is 52.4 Å². The Kier molecular flexibility index (Phi) is 2.61. The molecular formula is C5H7I2NO. The zero-order valence-corrected chi connectivity index (χ0v) is 9.50. The molecule has 0 saturated heterocycles. The molecule has 1 aliphatic heterocycles. The molecule has 0 aromatic carbocycles. The Bertz CT molecular complexity index is 157. The summed E-state index contributed by atoms with van der Waals surface area (Å²) in [5.74, 6) is 1.03. The normalized spacial score (nSPS) is 29.1. The SMILES string of the molecule is CC1=C(I)C(C)N(I)O1. The van der Waals surface area contributed by atoms with E-state index in [-0.39, 0.29) is 0 Å². The Morgan fingerprint density at radius 3 is 2.33 bits per heavy atom. The summed E-state index contributed by atoms with van der Waals surface area (Å²) in [5, 5.41) is 0. The summed E-state index contributed by atoms with van der Waals surface area (Å²) < 4.78 is 3.12. The lowest BCUT2D eigenvalue weighted by Gasteiger charge is -2.10. The standard InChI is InChI=1S/C5H7I2NO/c1-3-5(6)4(2)9-8(3)7/h3H,1-2H3. The first-order chi connectivity index (χ1) is 4.13. The van der Waals surface area contributed by atoms with Gasteiger partial charge in [-0.3, -0.25) is 0 Å². The van der Waals surface area contributed by atoms with Gasteiger partial charge in [0.2, 0.25) is 0 Å². The number of rotatable bonds is 0. The van der Waals surface area contributed by atoms with Gasteiger partial charge < -0.3 is 4.84 Å². The van der Waals surface area contributed by atoms with Crippen molar-refractivity contribution in [3.63, 3.8) is 0 Å². The molecule has 1 atom stereocenters. The van der Waals surface area contributed by atoms with Crippen molar-refractivity contribution in [2.45, 2.75) is 19.9 Å². The fourth-order valence-electron chi connectivity index (χ4n) is 0.637. The van der Waals surface area contributed by atoms with E-state index >= 15 is 0 Å². The number of allylic oxidation sites excluding steroid dienone is 1. The van der Waals surface area contributed by atoms with Crippen LogP contribution in [0.3, 0.4) is 0 Å². The van der Waals surface area contributed by atoms with E-state index in [1.165, 1.54) is 3.58 Å². The predicted octanol–water partition coefficient (Wildman–Crippen LogP) is 2.64. The number of nitrogens with zero attached hydrogens (tertiary/aromatic N) is 1. The van der Waals surface area contributed by atoms with Crippen LogP contribution < -0.4 is 0 Å². The van der Waals surface area contributed by atoms with Crippen LogP contribution >= 0.6 is 45.5 Å². The van der Waals surface area contributed by atoms with E-state index < -0.39 is 0 Å². The van der Waals surface area contributed by atoms with Crippen molar-refractivity contribution in [3.8, 4) is 0 Å². The summed E-state index contributed by atoms with van der Waals surface area (Å²) in [7, 11) is 0. The molecule has 0 saturated carbocycles. The van der Waals surface area contributed by atoms with E-state index in [1.807, 2.05) is 10.2 Å². The Morgan fingerprint density at radius 1 is 1.67 bits per heavy atom. The van der Waals surface area contributed by atoms with Crippen LogP contribution in [0.1, 0.15) is 13.8 Å². The molecule has 0 aliphatic carbocycles. The molecule has 2 nitrogen and oxygen atoms in total. The van der Waals surface area contributed by atoms with Crippen molar-refractivity contribution in [1.82, 2.24) is 3.28 Å². The summed E-state index contributed by atoms with van der Waals surface area (Å²) in [4.78, 5) is 5.28. The van der Waals surface area contributed by atoms with E-state index in [0.717, 1.165) is 5.76 Å². The Labute approximate surface area is 82.2 Å². The smallest absolute Gasteiger partial charge is 0.133 e. The molecule has 0 radical (unpaired) electrons. The first-order valence-corrected chi connectivity index (χ1v) is 4.66. The van der Waals surface area contributed by atoms with E-state index in [4.69, 9.17) is 4.84 Å². The summed E-state index contributed by atoms with van der Waals surface area (Å²) in [6.45, 7) is 4.10. The van der Waals surface area contributed by atoms with E-state index in [0.29, 0.717) is 6.04 Å². The van der Waals surface area contributed by atoms with Crippen LogP contribution in [0.4, 0.5) is 0 Å². The van der Waals surface area contributed by atoms with Crippen LogP contribution in [0.15, 0.2) is 9.34 Å². The molecular weight excluding hydrogens is 344 g/mol. The van der Waals surface area contributed by atoms with Crippen LogP contribution in [0.5, 0.6) is 0 Å². The van der Waals surface area contributed by atoms with Gasteiger partial charge in [0.05, 0.1) is 32.5 Å². The van der Waals surface area contributed by atoms with Crippen molar-refractivity contribution in [1.29, 1.82) is 0 Å². The molecule has 1 rings (SSSR count). The molecule has 0 amide bonds. The molecule has 9 heavy (non-hydrogen) atoms. The number of hydrogen-bond donors (Lipinski definition) is 0. The van der Waals surface area contributed by atoms with Gasteiger partial charge in [0, 0.05) is 0 Å². The van der Waals surface area contributed by atoms with Crippen LogP contribution in [0, 0.1) is 0 Å². The molecule has 1 aliphatic rings. The lowest BCUT2D eigenvalue weighted by molar-refractivity contribution is 0.00809. The fraction of sp³-hybridized carbons (Fsp3) is 0.600. The Morgan fingerprint density at radius 2 is 2.22 bits per heavy atom. The minimum absolute atomic E-state index is 0.422. The first-order valence-electron chi connectivity index (χ1n) is 2.62. The fourth-order valence-corrected chi connectivity index (χ4v) is 2.10. The van der Waals surface area contributed by atoms with Crippen molar-refractivity contribution < 1.29 is 4.84 Å². The first kappa shape index (κ1) is 8.06. The number of hydrogen-bond acceptors (Lipinski definition) is 2. The Balaban J connectivity index is 2.74. The summed E-state index contributed by atoms with van der Waals surface area (Å²) in [6, 6.07) is 0.422. The quantitative estimate of drug-likeness (QED) is 0.492. The second-order valence-corrected chi connectivity index (χ2v) is 4.06. The zero-order valence-electron chi connectivity index (χ0n) is 5.19. The van der Waals surface area contributed by atoms with Crippen LogP contribution in [-0.4, -0.2) is 9.32 Å². The summed E-state index contributed by atoms with van der Waals surface area (Å²) >= 11 is 4.46. The minimum atomic E-state index is 0.422. The van der Waals surface area contributed by atoms with Crippen molar-refractivity contribution in [3.05, 3.63) is 9.34 Å². The maximum atomic E-state index is 5.28. The highest BCUT2D eigenvalue weighted by Crippen LogP contribution is 2.32. The average Bonchev–Trinajstić information content (AvgIpc) is 1.98. The van der Waals surface area contributed by atoms with Gasteiger partial charge in [-0.1, -0.05) is 3.28 Å². The van der Waals surface area contributed by atoms with Crippen LogP contribution in [0.25, 0.3) is 0 Å². The predicted molar refractivity (Wildman–Crippen MR) is 53.1 cm³/mol. The zero-order chi connectivity index (χ0) is 7.02. The minimum Gasteiger partial charge on any atom is -0.400 e. The molecule has 0 N–H and O–H groups in total. The van der Waals surface area contributed by atoms with Crippen LogP contribution in [-0.2, 0) is 4.84 Å². The maximum Gasteiger partial charge on any atom is 0.133 e. The van der Waals surface area contributed by atoms with Crippen molar-refractivity contribution in [2.75, 3.05) is 0 Å². The highest BCUT2D eigenvalue weighted by molar-refractivity contribution is 14.1. The maximum absolute atomic E-state index is 5.28. The highest BCUT2D eigenvalue weighted by atomic mass is 127. The second-order valence-electron chi connectivity index (χ2n) is 1.94. The molecule has 0 fully saturated rings. The van der Waals surface area contributed by atoms with Gasteiger partial charge in [0.25, 0.3) is 0 Å². The molecule has 4 heteroatoms. The van der Waals surface area contributed by atoms with Crippen LogP contribution in [0.2, 0.25) is 0 Å². The third-order valence-corrected chi connectivity index (χ3v) is 3.93. The summed E-state index contributed by atoms with van der Waals surface area (Å²) in [6.07, 6.45) is 0. The van der Waals surface area contributed by atoms with Gasteiger partial charge in [-0.2, -0.15) is 0 Å². The van der Waals surface area contributed by atoms with Gasteiger partial charge in [-0.25, -0.2) is 0 Å². The summed E-state index contributed by atoms with van der Waals surface area (Å²) in [5.41, 5.74) is 0. The van der Waals surface area contributed by atoms with Gasteiger partial charge in [-0.15, -0.1) is 0 Å². The molecule has 1 unspecified atom stereocenters. The van der Waals surface area contributed by atoms with Gasteiger partial charge >= 0.3 is 0 Å². The third kappa shape index (κ3) is 1.51. The monoisotopic (exact) mass is 351 g/mol. The lowest BCUT2D eigenvalue weighted by Crippen LogP contribution is -2.15. The highest BCUT2D eigenvalue weighted by Gasteiger charge is 2.25. The topological polar surface area (TPSA) is 12.5 Å². The average molecular weight is 351 g/mol. The molecule has 1 heterocycles. The Hall–Kier alpha value is 0.960. The largest absolute Gasteiger partial charge is 0.400 e. The van der Waals surface area contributed by atoms with Gasteiger partial charge in [0.1, 0.15) is 5.76 Å². The molecule has 0 aromatic heterocycles. The van der Waals surface area contributed by atoms with E-state index in [9.17, 15) is 0 Å². The number of hydroxylamine groups is 1. The third-order valence-electron chi connectivity index (χ3n) is 1.23. The van der Waals surface area contributed by atoms with Crippen molar-refractivity contribution in [2.24, 2.45) is 0 Å². The molecule has 52 valence electrons. The van der Waals surface area contributed by atoms with Gasteiger partial charge in [-0.05, 0) is 36.4 Å². The molecule has 0 bridgehead atoms. The second kappa shape index (κ2) is 2.91. The van der Waals surface area contributed by atoms with Crippen molar-refractivity contribution >= 4 is 45.5 Å². The molecule has 0 spiro atoms. The van der Waals surface area contributed by atoms with Gasteiger partial charge in [0.15, 0.2) is 0 Å².